The molecule has 2 rings (SSSR count). The van der Waals surface area contributed by atoms with Gasteiger partial charge in [-0.1, -0.05) is 41.9 Å². The molecule has 1 amide bonds. The molecule has 0 unspecified atom stereocenters. The highest BCUT2D eigenvalue weighted by Crippen LogP contribution is 2.14. The Balaban J connectivity index is 1.79. The van der Waals surface area contributed by atoms with E-state index in [0.29, 0.717) is 26.1 Å². The fraction of sp³-hybridized carbons (Fsp3) is 0.400. The molecule has 0 aliphatic carbocycles. The molecule has 0 spiro atoms. The Hall–Kier alpha value is -2.47. The predicted octanol–water partition coefficient (Wildman–Crippen LogP) is 2.73. The summed E-state index contributed by atoms with van der Waals surface area (Å²) in [6.45, 7) is 1.82. The second-order valence-corrected chi connectivity index (χ2v) is 7.01. The average Bonchev–Trinajstić information content (AvgIpc) is 2.96. The van der Waals surface area contributed by atoms with Crippen LogP contribution in [-0.2, 0) is 24.9 Å². The van der Waals surface area contributed by atoms with Gasteiger partial charge in [0.2, 0.25) is 5.91 Å². The summed E-state index contributed by atoms with van der Waals surface area (Å²) >= 11 is 6.04. The van der Waals surface area contributed by atoms with Gasteiger partial charge in [0.05, 0.1) is 11.6 Å². The lowest BCUT2D eigenvalue weighted by molar-refractivity contribution is -0.130. The molecule has 146 valence electrons. The molecule has 0 atom stereocenters. The standard InChI is InChI=1S/C20H28ClN5O/c1-22-20(26(4)15-18-12-17(21)14-24(18)2)23-11-10-19(27)25(3)13-16-8-6-5-7-9-16/h5-9,12,14H,10-11,13,15H2,1-4H3,(H,22,23). The fourth-order valence-corrected chi connectivity index (χ4v) is 3.12. The van der Waals surface area contributed by atoms with Crippen LogP contribution in [0, 0.1) is 0 Å². The number of hydrogen-bond acceptors (Lipinski definition) is 2. The molecule has 1 aromatic heterocycles. The van der Waals surface area contributed by atoms with E-state index in [9.17, 15) is 4.79 Å². The molecule has 0 aliphatic rings. The molecule has 1 heterocycles. The van der Waals surface area contributed by atoms with Crippen molar-refractivity contribution in [1.82, 2.24) is 19.7 Å². The minimum Gasteiger partial charge on any atom is -0.356 e. The zero-order chi connectivity index (χ0) is 19.8. The number of carbonyl (C=O) groups is 1. The van der Waals surface area contributed by atoms with Gasteiger partial charge in [0.1, 0.15) is 0 Å². The van der Waals surface area contributed by atoms with Crippen molar-refractivity contribution in [2.75, 3.05) is 27.7 Å². The highest BCUT2D eigenvalue weighted by atomic mass is 35.5. The van der Waals surface area contributed by atoms with Crippen molar-refractivity contribution in [3.8, 4) is 0 Å². The van der Waals surface area contributed by atoms with Crippen molar-refractivity contribution in [2.45, 2.75) is 19.5 Å². The maximum Gasteiger partial charge on any atom is 0.224 e. The number of nitrogens with one attached hydrogen (secondary N) is 1. The van der Waals surface area contributed by atoms with Crippen molar-refractivity contribution in [1.29, 1.82) is 0 Å². The number of carbonyl (C=O) groups excluding carboxylic acids is 1. The van der Waals surface area contributed by atoms with Crippen molar-refractivity contribution < 1.29 is 4.79 Å². The Labute approximate surface area is 166 Å². The first-order valence-electron chi connectivity index (χ1n) is 8.91. The maximum atomic E-state index is 12.3. The number of aliphatic imine (C=N–C) groups is 1. The highest BCUT2D eigenvalue weighted by molar-refractivity contribution is 6.30. The number of guanidine groups is 1. The van der Waals surface area contributed by atoms with Crippen molar-refractivity contribution in [2.24, 2.45) is 12.0 Å². The van der Waals surface area contributed by atoms with E-state index in [1.807, 2.05) is 73.2 Å². The van der Waals surface area contributed by atoms with Crippen molar-refractivity contribution in [3.63, 3.8) is 0 Å². The number of benzene rings is 1. The number of halogens is 1. The van der Waals surface area contributed by atoms with Crippen LogP contribution in [0.3, 0.4) is 0 Å². The third-order valence-electron chi connectivity index (χ3n) is 4.36. The first-order chi connectivity index (χ1) is 12.9. The summed E-state index contributed by atoms with van der Waals surface area (Å²) < 4.78 is 1.99. The monoisotopic (exact) mass is 389 g/mol. The van der Waals surface area contributed by atoms with Gasteiger partial charge in [-0.05, 0) is 11.6 Å². The van der Waals surface area contributed by atoms with Crippen molar-refractivity contribution in [3.05, 3.63) is 58.9 Å². The van der Waals surface area contributed by atoms with Crippen LogP contribution in [0.1, 0.15) is 17.7 Å². The molecule has 0 bridgehead atoms. The predicted molar refractivity (Wildman–Crippen MR) is 111 cm³/mol. The lowest BCUT2D eigenvalue weighted by Crippen LogP contribution is -2.40. The van der Waals surface area contributed by atoms with E-state index in [-0.39, 0.29) is 5.91 Å². The molecule has 0 fully saturated rings. The molecule has 1 aromatic carbocycles. The lowest BCUT2D eigenvalue weighted by Gasteiger charge is -2.23. The van der Waals surface area contributed by atoms with Gasteiger partial charge < -0.3 is 19.7 Å². The van der Waals surface area contributed by atoms with Gasteiger partial charge in [-0.3, -0.25) is 9.79 Å². The Morgan fingerprint density at radius 3 is 2.48 bits per heavy atom. The van der Waals surface area contributed by atoms with Crippen LogP contribution in [0.2, 0.25) is 5.02 Å². The number of rotatable bonds is 7. The van der Waals surface area contributed by atoms with Gasteiger partial charge in [-0.25, -0.2) is 0 Å². The molecule has 0 radical (unpaired) electrons. The number of nitrogens with zero attached hydrogens (tertiary/aromatic N) is 4. The van der Waals surface area contributed by atoms with Gasteiger partial charge in [0.25, 0.3) is 0 Å². The zero-order valence-corrected chi connectivity index (χ0v) is 17.2. The van der Waals surface area contributed by atoms with Crippen molar-refractivity contribution >= 4 is 23.5 Å². The lowest BCUT2D eigenvalue weighted by atomic mass is 10.2. The molecule has 1 N–H and O–H groups in total. The Kier molecular flexibility index (Phi) is 7.73. The first-order valence-corrected chi connectivity index (χ1v) is 9.29. The van der Waals surface area contributed by atoms with Crippen LogP contribution >= 0.6 is 11.6 Å². The number of amides is 1. The molecule has 0 aliphatic heterocycles. The molecular formula is C20H28ClN5O. The summed E-state index contributed by atoms with van der Waals surface area (Å²) in [7, 11) is 7.49. The van der Waals surface area contributed by atoms with E-state index >= 15 is 0 Å². The summed E-state index contributed by atoms with van der Waals surface area (Å²) in [5.41, 5.74) is 2.21. The summed E-state index contributed by atoms with van der Waals surface area (Å²) in [6.07, 6.45) is 2.29. The fourth-order valence-electron chi connectivity index (χ4n) is 2.84. The maximum absolute atomic E-state index is 12.3. The van der Waals surface area contributed by atoms with Crippen LogP contribution in [0.4, 0.5) is 0 Å². The number of hydrogen-bond donors (Lipinski definition) is 1. The molecule has 2 aromatic rings. The normalized spacial score (nSPS) is 11.4. The van der Waals surface area contributed by atoms with Crippen LogP contribution in [0.15, 0.2) is 47.6 Å². The van der Waals surface area contributed by atoms with E-state index in [1.165, 1.54) is 0 Å². The molecule has 27 heavy (non-hydrogen) atoms. The third kappa shape index (κ3) is 6.32. The minimum absolute atomic E-state index is 0.0960. The van der Waals surface area contributed by atoms with Gasteiger partial charge in [0, 0.05) is 59.6 Å². The smallest absolute Gasteiger partial charge is 0.224 e. The highest BCUT2D eigenvalue weighted by Gasteiger charge is 2.12. The van der Waals surface area contributed by atoms with Crippen LogP contribution in [-0.4, -0.2) is 53.9 Å². The largest absolute Gasteiger partial charge is 0.356 e. The molecule has 7 heteroatoms. The zero-order valence-electron chi connectivity index (χ0n) is 16.4. The topological polar surface area (TPSA) is 52.9 Å². The van der Waals surface area contributed by atoms with E-state index in [0.717, 1.165) is 22.2 Å². The SMILES string of the molecule is CN=C(NCCC(=O)N(C)Cc1ccccc1)N(C)Cc1cc(Cl)cn1C. The summed E-state index contributed by atoms with van der Waals surface area (Å²) in [5.74, 6) is 0.838. The molecule has 6 nitrogen and oxygen atoms in total. The molecular weight excluding hydrogens is 362 g/mol. The first kappa shape index (κ1) is 20.8. The van der Waals surface area contributed by atoms with Gasteiger partial charge in [-0.15, -0.1) is 0 Å². The van der Waals surface area contributed by atoms with E-state index in [4.69, 9.17) is 11.6 Å². The Morgan fingerprint density at radius 1 is 1.19 bits per heavy atom. The molecule has 0 saturated carbocycles. The van der Waals surface area contributed by atoms with E-state index in [1.54, 1.807) is 11.9 Å². The second-order valence-electron chi connectivity index (χ2n) is 6.58. The van der Waals surface area contributed by atoms with E-state index in [2.05, 4.69) is 10.3 Å². The Morgan fingerprint density at radius 2 is 1.89 bits per heavy atom. The molecule has 0 saturated heterocycles. The van der Waals surface area contributed by atoms with Gasteiger partial charge in [-0.2, -0.15) is 0 Å². The minimum atomic E-state index is 0.0960. The third-order valence-corrected chi connectivity index (χ3v) is 4.56. The summed E-state index contributed by atoms with van der Waals surface area (Å²) in [4.78, 5) is 20.4. The second kappa shape index (κ2) is 10.0. The Bertz CT molecular complexity index is 772. The van der Waals surface area contributed by atoms with Gasteiger partial charge >= 0.3 is 0 Å². The summed E-state index contributed by atoms with van der Waals surface area (Å²) in [5, 5.41) is 3.97. The van der Waals surface area contributed by atoms with Crippen LogP contribution in [0.5, 0.6) is 0 Å². The number of aryl methyl sites for hydroxylation is 1. The average molecular weight is 390 g/mol. The van der Waals surface area contributed by atoms with Crippen LogP contribution < -0.4 is 5.32 Å². The number of aromatic nitrogens is 1. The van der Waals surface area contributed by atoms with E-state index < -0.39 is 0 Å². The van der Waals surface area contributed by atoms with Crippen LogP contribution in [0.25, 0.3) is 0 Å². The quantitative estimate of drug-likeness (QED) is 0.585. The summed E-state index contributed by atoms with van der Waals surface area (Å²) in [6, 6.07) is 11.9. The van der Waals surface area contributed by atoms with Gasteiger partial charge in [0.15, 0.2) is 5.96 Å².